The van der Waals surface area contributed by atoms with E-state index >= 15 is 0 Å². The number of alkyl halides is 6. The molecule has 1 aliphatic rings. The van der Waals surface area contributed by atoms with E-state index in [9.17, 15) is 44.3 Å². The van der Waals surface area contributed by atoms with Crippen molar-refractivity contribution in [2.75, 3.05) is 25.6 Å². The number of hydrogen-bond acceptors (Lipinski definition) is 7. The topological polar surface area (TPSA) is 133 Å². The number of hydrogen-bond donors (Lipinski definition) is 3. The Morgan fingerprint density at radius 3 is 2.13 bits per heavy atom. The van der Waals surface area contributed by atoms with E-state index in [1.165, 1.54) is 17.8 Å². The van der Waals surface area contributed by atoms with Crippen LogP contribution in [-0.2, 0) is 25.6 Å². The maximum Gasteiger partial charge on any atom is 0.490 e. The fourth-order valence-electron chi connectivity index (χ4n) is 4.92. The minimum absolute atomic E-state index is 0.143. The molecular weight excluding hydrogens is 676 g/mol. The summed E-state index contributed by atoms with van der Waals surface area (Å²) in [6.07, 6.45) is -5.89. The number of aliphatic carboxylic acids is 1. The summed E-state index contributed by atoms with van der Waals surface area (Å²) >= 11 is 1.52. The fraction of sp³-hybridized carbons (Fsp3) is 0.500. The molecule has 9 nitrogen and oxygen atoms in total. The number of carboxylic acid groups (broad SMARTS) is 1. The number of carboxylic acids is 1. The van der Waals surface area contributed by atoms with Gasteiger partial charge in [0.2, 0.25) is 5.91 Å². The maximum atomic E-state index is 13.3. The predicted molar refractivity (Wildman–Crippen MR) is 164 cm³/mol. The highest BCUT2D eigenvalue weighted by Crippen LogP contribution is 2.32. The predicted octanol–water partition coefficient (Wildman–Crippen LogP) is 5.26. The largest absolute Gasteiger partial charge is 0.490 e. The molecule has 0 radical (unpaired) electrons. The van der Waals surface area contributed by atoms with Crippen LogP contribution >= 0.6 is 11.8 Å². The lowest BCUT2D eigenvalue weighted by Crippen LogP contribution is -2.52. The quantitative estimate of drug-likeness (QED) is 0.225. The van der Waals surface area contributed by atoms with Crippen LogP contribution in [0.25, 0.3) is 0 Å². The first-order chi connectivity index (χ1) is 21.6. The Bertz CT molecular complexity index is 1480. The molecule has 2 amide bonds. The van der Waals surface area contributed by atoms with E-state index in [1.54, 1.807) is 24.3 Å². The molecule has 1 fully saturated rings. The average Bonchev–Trinajstić information content (AvgIpc) is 2.99. The molecule has 3 rings (SSSR count). The molecule has 0 spiro atoms. The van der Waals surface area contributed by atoms with E-state index in [0.717, 1.165) is 29.5 Å². The van der Waals surface area contributed by atoms with Crippen LogP contribution < -0.4 is 10.6 Å². The lowest BCUT2D eigenvalue weighted by Gasteiger charge is -2.41. The molecular formula is C30H37F6N3O6S2. The fourth-order valence-corrected chi connectivity index (χ4v) is 7.01. The third-order valence-corrected chi connectivity index (χ3v) is 10.2. The zero-order chi connectivity index (χ0) is 35.7. The molecule has 1 aliphatic carbocycles. The number of benzene rings is 2. The van der Waals surface area contributed by atoms with Crippen LogP contribution in [0.3, 0.4) is 0 Å². The van der Waals surface area contributed by atoms with Gasteiger partial charge in [0, 0.05) is 28.6 Å². The monoisotopic (exact) mass is 713 g/mol. The summed E-state index contributed by atoms with van der Waals surface area (Å²) in [4.78, 5) is 37.5. The van der Waals surface area contributed by atoms with Gasteiger partial charge < -0.3 is 20.6 Å². The molecule has 2 aromatic rings. The van der Waals surface area contributed by atoms with Crippen LogP contribution in [0.15, 0.2) is 58.3 Å². The van der Waals surface area contributed by atoms with Crippen LogP contribution in [-0.4, -0.2) is 86.1 Å². The van der Waals surface area contributed by atoms with Gasteiger partial charge >= 0.3 is 18.3 Å². The summed E-state index contributed by atoms with van der Waals surface area (Å²) in [6, 6.07) is 10.7. The van der Waals surface area contributed by atoms with Gasteiger partial charge in [0.1, 0.15) is 0 Å². The second-order valence-electron chi connectivity index (χ2n) is 11.2. The first-order valence-corrected chi connectivity index (χ1v) is 17.2. The van der Waals surface area contributed by atoms with E-state index in [2.05, 4.69) is 29.4 Å². The molecule has 0 saturated heterocycles. The highest BCUT2D eigenvalue weighted by Gasteiger charge is 2.39. The number of amides is 2. The zero-order valence-electron chi connectivity index (χ0n) is 26.0. The van der Waals surface area contributed by atoms with E-state index in [4.69, 9.17) is 9.90 Å². The lowest BCUT2D eigenvalue weighted by atomic mass is 9.81. The Morgan fingerprint density at radius 2 is 1.62 bits per heavy atom. The molecule has 47 heavy (non-hydrogen) atoms. The molecule has 3 atom stereocenters. The Kier molecular flexibility index (Phi) is 14.2. The number of nitrogens with zero attached hydrogens (tertiary/aromatic N) is 1. The van der Waals surface area contributed by atoms with Gasteiger partial charge in [-0.15, -0.1) is 11.8 Å². The van der Waals surface area contributed by atoms with Gasteiger partial charge in [0.05, 0.1) is 22.8 Å². The summed E-state index contributed by atoms with van der Waals surface area (Å²) in [5, 5.41) is 12.4. The Labute approximate surface area is 273 Å². The van der Waals surface area contributed by atoms with E-state index < -0.39 is 58.1 Å². The highest BCUT2D eigenvalue weighted by molar-refractivity contribution is 7.98. The highest BCUT2D eigenvalue weighted by atomic mass is 32.2. The van der Waals surface area contributed by atoms with Crippen LogP contribution in [0.2, 0.25) is 0 Å². The van der Waals surface area contributed by atoms with Crippen molar-refractivity contribution in [1.29, 1.82) is 0 Å². The minimum Gasteiger partial charge on any atom is -0.475 e. The number of thioether (sulfide) groups is 1. The molecule has 0 bridgehead atoms. The summed E-state index contributed by atoms with van der Waals surface area (Å²) in [5.74, 6) is -4.61. The van der Waals surface area contributed by atoms with Gasteiger partial charge in [-0.2, -0.15) is 26.3 Å². The number of sulfone groups is 1. The molecule has 1 saturated carbocycles. The van der Waals surface area contributed by atoms with Crippen molar-refractivity contribution in [3.63, 3.8) is 0 Å². The third-order valence-electron chi connectivity index (χ3n) is 7.65. The van der Waals surface area contributed by atoms with Crippen molar-refractivity contribution in [3.05, 3.63) is 59.7 Å². The second-order valence-corrected chi connectivity index (χ2v) is 14.1. The van der Waals surface area contributed by atoms with Gasteiger partial charge in [-0.05, 0) is 94.8 Å². The molecule has 17 heteroatoms. The smallest absolute Gasteiger partial charge is 0.475 e. The molecule has 3 N–H and O–H groups in total. The van der Waals surface area contributed by atoms with Crippen LogP contribution in [0.4, 0.5) is 26.3 Å². The summed E-state index contributed by atoms with van der Waals surface area (Å²) < 4.78 is 97.4. The van der Waals surface area contributed by atoms with Gasteiger partial charge in [0.15, 0.2) is 9.84 Å². The number of halogens is 6. The summed E-state index contributed by atoms with van der Waals surface area (Å²) in [7, 11) is -1.64. The van der Waals surface area contributed by atoms with E-state index in [0.29, 0.717) is 12.8 Å². The van der Waals surface area contributed by atoms with Crippen LogP contribution in [0.1, 0.15) is 49.0 Å². The SMILES string of the molecule is CSc1ccc(S(=O)(=O)C[C@@H]2C[C@H](N(C)C(C)C)CC[C@@H]2NC(=O)CNC(=O)c2cccc(C(F)(F)F)c2)cc1.O=C(O)C(F)(F)F. The second kappa shape index (κ2) is 16.7. The Hall–Kier alpha value is -3.31. The van der Waals surface area contributed by atoms with E-state index in [1.807, 2.05) is 13.3 Å². The minimum atomic E-state index is -5.08. The standard InChI is InChI=1S/C28H36F3N3O4S2.C2HF3O2/c1-18(2)34(3)22-8-13-25(20(15-22)17-40(37,38)24-11-9-23(39-4)10-12-24)33-26(35)16-32-27(36)19-6-5-7-21(14-19)28(29,30)31;3-2(4,5)1(6)7/h5-7,9-12,14,18,20,22,25H,8,13,15-17H2,1-4H3,(H,32,36)(H,33,35);(H,6,7)/t20-,22+,25-;/m0./s1. The zero-order valence-corrected chi connectivity index (χ0v) is 27.6. The van der Waals surface area contributed by atoms with Crippen molar-refractivity contribution in [1.82, 2.24) is 15.5 Å². The molecule has 0 unspecified atom stereocenters. The Balaban J connectivity index is 0.000000984. The van der Waals surface area contributed by atoms with Crippen molar-refractivity contribution in [2.24, 2.45) is 5.92 Å². The van der Waals surface area contributed by atoms with Crippen molar-refractivity contribution in [2.45, 2.75) is 73.4 Å². The normalized spacial score (nSPS) is 18.7. The molecule has 0 aromatic heterocycles. The van der Waals surface area contributed by atoms with Gasteiger partial charge in [-0.1, -0.05) is 6.07 Å². The van der Waals surface area contributed by atoms with Gasteiger partial charge in [0.25, 0.3) is 5.91 Å². The number of nitrogens with one attached hydrogen (secondary N) is 2. The third kappa shape index (κ3) is 12.3. The van der Waals surface area contributed by atoms with E-state index in [-0.39, 0.29) is 34.2 Å². The van der Waals surface area contributed by atoms with Crippen molar-refractivity contribution < 1.29 is 54.3 Å². The Morgan fingerprint density at radius 1 is 1.02 bits per heavy atom. The lowest BCUT2D eigenvalue weighted by molar-refractivity contribution is -0.192. The number of rotatable bonds is 10. The van der Waals surface area contributed by atoms with Crippen LogP contribution in [0.5, 0.6) is 0 Å². The van der Waals surface area contributed by atoms with Gasteiger partial charge in [-0.25, -0.2) is 13.2 Å². The first-order valence-electron chi connectivity index (χ1n) is 14.3. The molecule has 2 aromatic carbocycles. The molecule has 262 valence electrons. The summed E-state index contributed by atoms with van der Waals surface area (Å²) in [5.41, 5.74) is -1.17. The number of carbonyl (C=O) groups is 3. The van der Waals surface area contributed by atoms with Crippen molar-refractivity contribution >= 4 is 39.4 Å². The van der Waals surface area contributed by atoms with Crippen LogP contribution in [0, 0.1) is 5.92 Å². The first kappa shape index (κ1) is 39.9. The van der Waals surface area contributed by atoms with Crippen molar-refractivity contribution in [3.8, 4) is 0 Å². The molecule has 0 heterocycles. The summed E-state index contributed by atoms with van der Waals surface area (Å²) in [6.45, 7) is 3.69. The van der Waals surface area contributed by atoms with Gasteiger partial charge in [-0.3, -0.25) is 9.59 Å². The molecule has 0 aliphatic heterocycles. The number of carbonyl (C=O) groups excluding carboxylic acids is 2. The average molecular weight is 714 g/mol. The maximum absolute atomic E-state index is 13.3.